The zero-order chi connectivity index (χ0) is 14.8. The largest absolute Gasteiger partial charge is 0.328 e. The summed E-state index contributed by atoms with van der Waals surface area (Å²) >= 11 is 0. The number of nitrogens with zero attached hydrogens (tertiary/aromatic N) is 1. The maximum atomic E-state index is 12.4. The molecule has 1 aromatic carbocycles. The summed E-state index contributed by atoms with van der Waals surface area (Å²) in [5.74, 6) is 0.730. The number of rotatable bonds is 4. The van der Waals surface area contributed by atoms with Gasteiger partial charge in [-0.15, -0.1) is 0 Å². The number of carbonyl (C=O) groups excluding carboxylic acids is 1. The van der Waals surface area contributed by atoms with E-state index in [-0.39, 0.29) is 17.4 Å². The molecule has 1 amide bonds. The number of amides is 1. The number of hydrogen-bond acceptors (Lipinski definition) is 2. The van der Waals surface area contributed by atoms with Crippen molar-refractivity contribution in [3.05, 3.63) is 35.9 Å². The normalized spacial score (nSPS) is 21.3. The summed E-state index contributed by atoms with van der Waals surface area (Å²) in [5, 5.41) is 3.34. The molecule has 2 unspecified atom stereocenters. The fourth-order valence-electron chi connectivity index (χ4n) is 2.37. The van der Waals surface area contributed by atoms with Crippen LogP contribution in [-0.4, -0.2) is 30.1 Å². The van der Waals surface area contributed by atoms with Crippen molar-refractivity contribution in [3.8, 4) is 0 Å². The minimum absolute atomic E-state index is 0.0652. The van der Waals surface area contributed by atoms with Crippen molar-refractivity contribution < 1.29 is 4.79 Å². The number of nitrogens with one attached hydrogen (secondary N) is 1. The van der Waals surface area contributed by atoms with Gasteiger partial charge in [-0.3, -0.25) is 10.1 Å². The van der Waals surface area contributed by atoms with Gasteiger partial charge in [-0.1, -0.05) is 58.0 Å². The summed E-state index contributed by atoms with van der Waals surface area (Å²) in [7, 11) is 0. The van der Waals surface area contributed by atoms with Crippen LogP contribution in [0.4, 0.5) is 0 Å². The second kappa shape index (κ2) is 5.96. The van der Waals surface area contributed by atoms with E-state index in [0.29, 0.717) is 12.6 Å². The van der Waals surface area contributed by atoms with Gasteiger partial charge in [0, 0.05) is 6.54 Å². The van der Waals surface area contributed by atoms with Crippen molar-refractivity contribution in [3.63, 3.8) is 0 Å². The second-order valence-corrected chi connectivity index (χ2v) is 6.93. The molecule has 2 rings (SSSR count). The predicted molar refractivity (Wildman–Crippen MR) is 82.3 cm³/mol. The van der Waals surface area contributed by atoms with E-state index in [0.717, 1.165) is 13.0 Å². The molecule has 2 atom stereocenters. The Labute approximate surface area is 122 Å². The third kappa shape index (κ3) is 3.60. The van der Waals surface area contributed by atoms with Crippen LogP contribution >= 0.6 is 0 Å². The first kappa shape index (κ1) is 15.0. The lowest BCUT2D eigenvalue weighted by molar-refractivity contribution is -0.129. The smallest absolute Gasteiger partial charge is 0.241 e. The van der Waals surface area contributed by atoms with Crippen LogP contribution < -0.4 is 5.32 Å². The van der Waals surface area contributed by atoms with Crippen LogP contribution in [0.3, 0.4) is 0 Å². The van der Waals surface area contributed by atoms with Crippen molar-refractivity contribution >= 4 is 5.91 Å². The molecule has 0 aliphatic carbocycles. The van der Waals surface area contributed by atoms with E-state index >= 15 is 0 Å². The molecule has 1 aliphatic rings. The fourth-order valence-corrected chi connectivity index (χ4v) is 2.37. The van der Waals surface area contributed by atoms with Gasteiger partial charge in [0.15, 0.2) is 0 Å². The molecule has 20 heavy (non-hydrogen) atoms. The zero-order valence-corrected chi connectivity index (χ0v) is 13.0. The summed E-state index contributed by atoms with van der Waals surface area (Å²) in [4.78, 5) is 14.4. The summed E-state index contributed by atoms with van der Waals surface area (Å²) in [6.45, 7) is 10.4. The number of benzene rings is 1. The van der Waals surface area contributed by atoms with Gasteiger partial charge in [0.25, 0.3) is 0 Å². The van der Waals surface area contributed by atoms with Crippen LogP contribution in [0.2, 0.25) is 0 Å². The second-order valence-electron chi connectivity index (χ2n) is 6.93. The van der Waals surface area contributed by atoms with Crippen molar-refractivity contribution in [2.24, 2.45) is 11.3 Å². The molecular weight excluding hydrogens is 248 g/mol. The third-order valence-corrected chi connectivity index (χ3v) is 4.39. The maximum Gasteiger partial charge on any atom is 0.241 e. The Morgan fingerprint density at radius 1 is 1.30 bits per heavy atom. The molecule has 1 saturated heterocycles. The lowest BCUT2D eigenvalue weighted by Crippen LogP contribution is -2.37. The highest BCUT2D eigenvalue weighted by molar-refractivity contribution is 5.84. The third-order valence-electron chi connectivity index (χ3n) is 4.39. The lowest BCUT2D eigenvalue weighted by atomic mass is 9.82. The van der Waals surface area contributed by atoms with Gasteiger partial charge in [0.1, 0.15) is 0 Å². The molecule has 110 valence electrons. The molecule has 0 saturated carbocycles. The Morgan fingerprint density at radius 3 is 2.55 bits per heavy atom. The Kier molecular flexibility index (Phi) is 4.48. The predicted octanol–water partition coefficient (Wildman–Crippen LogP) is 2.67. The topological polar surface area (TPSA) is 32.3 Å². The molecule has 1 N–H and O–H groups in total. The van der Waals surface area contributed by atoms with Gasteiger partial charge < -0.3 is 4.90 Å². The van der Waals surface area contributed by atoms with Gasteiger partial charge >= 0.3 is 0 Å². The SMILES string of the molecule is CC(CN1CNC(Cc2ccccc2)C1=O)C(C)(C)C. The number of carbonyl (C=O) groups is 1. The maximum absolute atomic E-state index is 12.4. The van der Waals surface area contributed by atoms with Gasteiger partial charge in [-0.05, 0) is 23.3 Å². The molecule has 0 spiro atoms. The molecule has 1 fully saturated rings. The lowest BCUT2D eigenvalue weighted by Gasteiger charge is -2.30. The standard InChI is InChI=1S/C17H26N2O/c1-13(17(2,3)4)11-19-12-18-15(16(19)20)10-14-8-6-5-7-9-14/h5-9,13,15,18H,10-12H2,1-4H3. The molecule has 0 bridgehead atoms. The molecule has 3 heteroatoms. The van der Waals surface area contributed by atoms with Gasteiger partial charge in [-0.25, -0.2) is 0 Å². The highest BCUT2D eigenvalue weighted by Crippen LogP contribution is 2.26. The van der Waals surface area contributed by atoms with Crippen LogP contribution in [0.15, 0.2) is 30.3 Å². The Hall–Kier alpha value is -1.35. The van der Waals surface area contributed by atoms with E-state index in [2.05, 4.69) is 45.1 Å². The minimum Gasteiger partial charge on any atom is -0.328 e. The highest BCUT2D eigenvalue weighted by atomic mass is 16.2. The molecule has 3 nitrogen and oxygen atoms in total. The average molecular weight is 274 g/mol. The van der Waals surface area contributed by atoms with E-state index < -0.39 is 0 Å². The summed E-state index contributed by atoms with van der Waals surface area (Å²) in [6.07, 6.45) is 0.778. The van der Waals surface area contributed by atoms with E-state index in [4.69, 9.17) is 0 Å². The number of hydrogen-bond donors (Lipinski definition) is 1. The van der Waals surface area contributed by atoms with Crippen molar-refractivity contribution in [2.45, 2.75) is 40.2 Å². The van der Waals surface area contributed by atoms with Crippen molar-refractivity contribution in [2.75, 3.05) is 13.2 Å². The molecule has 1 aromatic rings. The van der Waals surface area contributed by atoms with E-state index in [1.54, 1.807) is 0 Å². The first-order valence-electron chi connectivity index (χ1n) is 7.44. The zero-order valence-electron chi connectivity index (χ0n) is 13.0. The molecule has 0 radical (unpaired) electrons. The Morgan fingerprint density at radius 2 is 1.95 bits per heavy atom. The Bertz CT molecular complexity index is 450. The quantitative estimate of drug-likeness (QED) is 0.915. The molecule has 1 heterocycles. The van der Waals surface area contributed by atoms with E-state index in [1.807, 2.05) is 23.1 Å². The fraction of sp³-hybridized carbons (Fsp3) is 0.588. The van der Waals surface area contributed by atoms with Crippen LogP contribution in [-0.2, 0) is 11.2 Å². The van der Waals surface area contributed by atoms with Crippen molar-refractivity contribution in [1.29, 1.82) is 0 Å². The van der Waals surface area contributed by atoms with Gasteiger partial charge in [0.2, 0.25) is 5.91 Å². The summed E-state index contributed by atoms with van der Waals surface area (Å²) in [5.41, 5.74) is 1.45. The van der Waals surface area contributed by atoms with Gasteiger partial charge in [0.05, 0.1) is 12.7 Å². The average Bonchev–Trinajstić information content (AvgIpc) is 2.72. The highest BCUT2D eigenvalue weighted by Gasteiger charge is 2.33. The van der Waals surface area contributed by atoms with E-state index in [9.17, 15) is 4.79 Å². The van der Waals surface area contributed by atoms with Crippen LogP contribution in [0.1, 0.15) is 33.3 Å². The summed E-state index contributed by atoms with van der Waals surface area (Å²) < 4.78 is 0. The van der Waals surface area contributed by atoms with Crippen molar-refractivity contribution in [1.82, 2.24) is 10.2 Å². The van der Waals surface area contributed by atoms with Gasteiger partial charge in [-0.2, -0.15) is 0 Å². The van der Waals surface area contributed by atoms with E-state index in [1.165, 1.54) is 5.56 Å². The Balaban J connectivity index is 1.93. The van der Waals surface area contributed by atoms with Crippen LogP contribution in [0.25, 0.3) is 0 Å². The monoisotopic (exact) mass is 274 g/mol. The first-order chi connectivity index (χ1) is 9.38. The van der Waals surface area contributed by atoms with Crippen LogP contribution in [0.5, 0.6) is 0 Å². The molecule has 0 aromatic heterocycles. The first-order valence-corrected chi connectivity index (χ1v) is 7.44. The summed E-state index contributed by atoms with van der Waals surface area (Å²) in [6, 6.07) is 10.1. The molecular formula is C17H26N2O. The van der Waals surface area contributed by atoms with Crippen LogP contribution in [0, 0.1) is 11.3 Å². The molecule has 1 aliphatic heterocycles. The minimum atomic E-state index is -0.0652.